The largest absolute Gasteiger partial charge is 0.451 e. The van der Waals surface area contributed by atoms with Gasteiger partial charge in [0.2, 0.25) is 0 Å². The molecule has 0 radical (unpaired) electrons. The Labute approximate surface area is 181 Å². The molecule has 0 saturated heterocycles. The molecule has 0 atom stereocenters. The van der Waals surface area contributed by atoms with Crippen LogP contribution in [0.4, 0.5) is 0 Å². The number of furan rings is 1. The Balaban J connectivity index is 1.34. The van der Waals surface area contributed by atoms with E-state index >= 15 is 0 Å². The van der Waals surface area contributed by atoms with Crippen molar-refractivity contribution in [3.63, 3.8) is 0 Å². The summed E-state index contributed by atoms with van der Waals surface area (Å²) in [5, 5.41) is 3.98. The molecule has 0 unspecified atom stereocenters. The standard InChI is InChI=1S/C22H19N3O3S2/c1-13-18-5-3-4-6-19(18)28-20(13)22(27)25-24-21(26)15-7-9-17(10-8-15)30-12-16-11-29-14(2)23-16/h3-11H,12H2,1-2H3,(H,24,26)(H,25,27). The molecule has 0 fully saturated rings. The lowest BCUT2D eigenvalue weighted by atomic mass is 10.1. The Morgan fingerprint density at radius 1 is 1.03 bits per heavy atom. The van der Waals surface area contributed by atoms with Crippen molar-refractivity contribution in [3.8, 4) is 0 Å². The third kappa shape index (κ3) is 4.39. The molecule has 0 saturated carbocycles. The number of hydrazine groups is 1. The molecule has 2 heterocycles. The average molecular weight is 438 g/mol. The molecule has 0 aliphatic rings. The highest BCUT2D eigenvalue weighted by molar-refractivity contribution is 7.98. The number of hydrogen-bond acceptors (Lipinski definition) is 6. The van der Waals surface area contributed by atoms with Gasteiger partial charge in [0.25, 0.3) is 5.91 Å². The molecular formula is C22H19N3O3S2. The second-order valence-corrected chi connectivity index (χ2v) is 8.74. The smallest absolute Gasteiger partial charge is 0.305 e. The number of aromatic nitrogens is 1. The molecule has 4 rings (SSSR count). The third-order valence-corrected chi connectivity index (χ3v) is 6.38. The fourth-order valence-corrected chi connectivity index (χ4v) is 4.48. The maximum absolute atomic E-state index is 12.4. The Hall–Kier alpha value is -3.10. The van der Waals surface area contributed by atoms with E-state index in [1.54, 1.807) is 41.3 Å². The first-order chi connectivity index (χ1) is 14.5. The molecule has 152 valence electrons. The lowest BCUT2D eigenvalue weighted by molar-refractivity contribution is 0.0831. The van der Waals surface area contributed by atoms with Crippen LogP contribution in [0.1, 0.15) is 37.2 Å². The van der Waals surface area contributed by atoms with Crippen molar-refractivity contribution < 1.29 is 14.0 Å². The van der Waals surface area contributed by atoms with E-state index in [-0.39, 0.29) is 5.76 Å². The van der Waals surface area contributed by atoms with Crippen LogP contribution in [-0.4, -0.2) is 16.8 Å². The van der Waals surface area contributed by atoms with Gasteiger partial charge in [-0.15, -0.1) is 23.1 Å². The molecular weight excluding hydrogens is 418 g/mol. The topological polar surface area (TPSA) is 84.2 Å². The number of amides is 2. The minimum absolute atomic E-state index is 0.181. The molecule has 2 amide bonds. The van der Waals surface area contributed by atoms with Gasteiger partial charge in [-0.05, 0) is 44.2 Å². The van der Waals surface area contributed by atoms with Crippen LogP contribution < -0.4 is 10.9 Å². The number of nitrogens with one attached hydrogen (secondary N) is 2. The molecule has 4 aromatic rings. The number of carbonyl (C=O) groups excluding carboxylic acids is 2. The summed E-state index contributed by atoms with van der Waals surface area (Å²) >= 11 is 3.29. The van der Waals surface area contributed by atoms with Crippen LogP contribution in [0.3, 0.4) is 0 Å². The summed E-state index contributed by atoms with van der Waals surface area (Å²) in [6, 6.07) is 14.6. The van der Waals surface area contributed by atoms with Crippen molar-refractivity contribution in [3.05, 3.63) is 81.5 Å². The lowest BCUT2D eigenvalue weighted by Crippen LogP contribution is -2.41. The van der Waals surface area contributed by atoms with Crippen molar-refractivity contribution in [1.82, 2.24) is 15.8 Å². The number of thiazole rings is 1. The lowest BCUT2D eigenvalue weighted by Gasteiger charge is -2.07. The number of thioether (sulfide) groups is 1. The molecule has 8 heteroatoms. The van der Waals surface area contributed by atoms with Crippen LogP contribution in [-0.2, 0) is 5.75 Å². The molecule has 30 heavy (non-hydrogen) atoms. The molecule has 2 aromatic carbocycles. The molecule has 0 bridgehead atoms. The predicted octanol–water partition coefficient (Wildman–Crippen LogP) is 4.87. The summed E-state index contributed by atoms with van der Waals surface area (Å²) in [4.78, 5) is 30.3. The Bertz CT molecular complexity index is 1210. The average Bonchev–Trinajstić information content (AvgIpc) is 3.34. The predicted molar refractivity (Wildman–Crippen MR) is 119 cm³/mol. The van der Waals surface area contributed by atoms with Gasteiger partial charge in [0.05, 0.1) is 10.7 Å². The van der Waals surface area contributed by atoms with E-state index in [1.165, 1.54) is 0 Å². The maximum Gasteiger partial charge on any atom is 0.305 e. The van der Waals surface area contributed by atoms with Crippen molar-refractivity contribution >= 4 is 45.9 Å². The van der Waals surface area contributed by atoms with Gasteiger partial charge in [-0.25, -0.2) is 4.98 Å². The highest BCUT2D eigenvalue weighted by Crippen LogP contribution is 2.25. The number of carbonyl (C=O) groups is 2. The van der Waals surface area contributed by atoms with Gasteiger partial charge in [0, 0.05) is 32.5 Å². The second kappa shape index (κ2) is 8.73. The zero-order valence-corrected chi connectivity index (χ0v) is 18.0. The van der Waals surface area contributed by atoms with Gasteiger partial charge >= 0.3 is 5.91 Å². The van der Waals surface area contributed by atoms with E-state index in [2.05, 4.69) is 21.2 Å². The number of nitrogens with zero attached hydrogens (tertiary/aromatic N) is 1. The molecule has 2 N–H and O–H groups in total. The van der Waals surface area contributed by atoms with Crippen LogP contribution >= 0.6 is 23.1 Å². The normalized spacial score (nSPS) is 10.9. The van der Waals surface area contributed by atoms with E-state index < -0.39 is 11.8 Å². The number of benzene rings is 2. The first-order valence-corrected chi connectivity index (χ1v) is 11.1. The summed E-state index contributed by atoms with van der Waals surface area (Å²) in [5.74, 6) is 0.0649. The summed E-state index contributed by atoms with van der Waals surface area (Å²) in [6.07, 6.45) is 0. The molecule has 0 aliphatic carbocycles. The Morgan fingerprint density at radius 2 is 1.77 bits per heavy atom. The van der Waals surface area contributed by atoms with E-state index in [0.29, 0.717) is 11.1 Å². The monoisotopic (exact) mass is 437 g/mol. The highest BCUT2D eigenvalue weighted by Gasteiger charge is 2.18. The number of para-hydroxylation sites is 1. The van der Waals surface area contributed by atoms with E-state index in [0.717, 1.165) is 32.3 Å². The second-order valence-electron chi connectivity index (χ2n) is 6.63. The van der Waals surface area contributed by atoms with Crippen LogP contribution in [0.5, 0.6) is 0 Å². The van der Waals surface area contributed by atoms with Crippen LogP contribution in [0, 0.1) is 13.8 Å². The first kappa shape index (κ1) is 20.2. The van der Waals surface area contributed by atoms with Crippen LogP contribution in [0.15, 0.2) is 63.2 Å². The van der Waals surface area contributed by atoms with Gasteiger partial charge in [-0.2, -0.15) is 0 Å². The number of aryl methyl sites for hydroxylation is 2. The quantitative estimate of drug-likeness (QED) is 0.344. The fourth-order valence-electron chi connectivity index (χ4n) is 2.97. The maximum atomic E-state index is 12.4. The zero-order valence-electron chi connectivity index (χ0n) is 16.4. The van der Waals surface area contributed by atoms with Crippen molar-refractivity contribution in [2.75, 3.05) is 0 Å². The fraction of sp³-hybridized carbons (Fsp3) is 0.136. The van der Waals surface area contributed by atoms with Crippen molar-refractivity contribution in [2.45, 2.75) is 24.5 Å². The van der Waals surface area contributed by atoms with Crippen molar-refractivity contribution in [1.29, 1.82) is 0 Å². The summed E-state index contributed by atoms with van der Waals surface area (Å²) in [7, 11) is 0. The molecule has 6 nitrogen and oxygen atoms in total. The van der Waals surface area contributed by atoms with Gasteiger partial charge in [-0.3, -0.25) is 20.4 Å². The van der Waals surface area contributed by atoms with Crippen LogP contribution in [0.2, 0.25) is 0 Å². The zero-order chi connectivity index (χ0) is 21.1. The van der Waals surface area contributed by atoms with E-state index in [9.17, 15) is 9.59 Å². The number of rotatable bonds is 5. The summed E-state index contributed by atoms with van der Waals surface area (Å²) < 4.78 is 5.61. The number of fused-ring (bicyclic) bond motifs is 1. The Kier molecular flexibility index (Phi) is 5.87. The molecule has 0 aliphatic heterocycles. The highest BCUT2D eigenvalue weighted by atomic mass is 32.2. The van der Waals surface area contributed by atoms with E-state index in [4.69, 9.17) is 4.42 Å². The van der Waals surface area contributed by atoms with Gasteiger partial charge in [0.15, 0.2) is 5.76 Å². The first-order valence-electron chi connectivity index (χ1n) is 9.24. The van der Waals surface area contributed by atoms with Gasteiger partial charge < -0.3 is 4.42 Å². The molecule has 2 aromatic heterocycles. The summed E-state index contributed by atoms with van der Waals surface area (Å²) in [6.45, 7) is 3.80. The molecule has 0 spiro atoms. The minimum atomic E-state index is -0.497. The van der Waals surface area contributed by atoms with E-state index in [1.807, 2.05) is 44.2 Å². The SMILES string of the molecule is Cc1nc(CSc2ccc(C(=O)NNC(=O)c3oc4ccccc4c3C)cc2)cs1. The van der Waals surface area contributed by atoms with Crippen molar-refractivity contribution in [2.24, 2.45) is 0 Å². The van der Waals surface area contributed by atoms with Gasteiger partial charge in [0.1, 0.15) is 5.58 Å². The number of hydrogen-bond donors (Lipinski definition) is 2. The van der Waals surface area contributed by atoms with Gasteiger partial charge in [-0.1, -0.05) is 18.2 Å². The minimum Gasteiger partial charge on any atom is -0.451 e. The van der Waals surface area contributed by atoms with Crippen LogP contribution in [0.25, 0.3) is 11.0 Å². The third-order valence-electron chi connectivity index (χ3n) is 4.51. The Morgan fingerprint density at radius 3 is 2.47 bits per heavy atom. The summed E-state index contributed by atoms with van der Waals surface area (Å²) in [5.41, 5.74) is 7.71.